The van der Waals surface area contributed by atoms with Crippen molar-refractivity contribution in [2.24, 2.45) is 0 Å². The monoisotopic (exact) mass is 386 g/mol. The lowest BCUT2D eigenvalue weighted by Crippen LogP contribution is -2.12. The number of anilines is 2. The van der Waals surface area contributed by atoms with Gasteiger partial charge in [-0.3, -0.25) is 4.79 Å². The number of benzene rings is 2. The minimum Gasteiger partial charge on any atom is -0.385 e. The van der Waals surface area contributed by atoms with Gasteiger partial charge in [0.15, 0.2) is 0 Å². The van der Waals surface area contributed by atoms with Crippen LogP contribution in [0.25, 0.3) is 0 Å². The lowest BCUT2D eigenvalue weighted by atomic mass is 10.2. The molecule has 2 aromatic rings. The van der Waals surface area contributed by atoms with Crippen molar-refractivity contribution in [1.82, 2.24) is 0 Å². The van der Waals surface area contributed by atoms with Gasteiger partial charge in [0.2, 0.25) is 0 Å². The highest BCUT2D eigenvalue weighted by Crippen LogP contribution is 2.35. The summed E-state index contributed by atoms with van der Waals surface area (Å²) < 4.78 is 0.683. The maximum atomic E-state index is 12.2. The molecule has 0 saturated carbocycles. The number of nitrogens with one attached hydrogen (secondary N) is 2. The average Bonchev–Trinajstić information content (AvgIpc) is 2.49. The first-order valence-electron chi connectivity index (χ1n) is 6.31. The van der Waals surface area contributed by atoms with E-state index in [0.717, 1.165) is 12.2 Å². The lowest BCUT2D eigenvalue weighted by Gasteiger charge is -2.10. The Morgan fingerprint density at radius 3 is 2.38 bits per heavy atom. The molecule has 0 saturated heterocycles. The summed E-state index contributed by atoms with van der Waals surface area (Å²) in [5.41, 5.74) is 2.00. The van der Waals surface area contributed by atoms with E-state index in [9.17, 15) is 4.79 Å². The van der Waals surface area contributed by atoms with Gasteiger partial charge >= 0.3 is 0 Å². The fourth-order valence-corrected chi connectivity index (χ4v) is 2.58. The van der Waals surface area contributed by atoms with Crippen molar-refractivity contribution < 1.29 is 4.79 Å². The topological polar surface area (TPSA) is 41.1 Å². The lowest BCUT2D eigenvalue weighted by molar-refractivity contribution is 0.102. The zero-order valence-electron chi connectivity index (χ0n) is 11.2. The number of carbonyl (C=O) groups excluding carboxylic acids is 1. The third-order valence-corrected chi connectivity index (χ3v) is 4.58. The molecule has 0 fully saturated rings. The third-order valence-electron chi connectivity index (χ3n) is 2.81. The minimum absolute atomic E-state index is 0.238. The van der Waals surface area contributed by atoms with Crippen LogP contribution >= 0.6 is 39.1 Å². The van der Waals surface area contributed by atoms with Gasteiger partial charge in [-0.2, -0.15) is 0 Å². The zero-order valence-corrected chi connectivity index (χ0v) is 14.3. The van der Waals surface area contributed by atoms with Crippen molar-refractivity contribution >= 4 is 56.4 Å². The number of carbonyl (C=O) groups is 1. The smallest absolute Gasteiger partial charge is 0.255 e. The molecule has 2 N–H and O–H groups in total. The summed E-state index contributed by atoms with van der Waals surface area (Å²) in [5.74, 6) is -0.238. The van der Waals surface area contributed by atoms with E-state index in [1.807, 2.05) is 19.1 Å². The zero-order chi connectivity index (χ0) is 15.4. The molecule has 2 rings (SSSR count). The van der Waals surface area contributed by atoms with Crippen LogP contribution in [0.5, 0.6) is 0 Å². The van der Waals surface area contributed by atoms with E-state index in [-0.39, 0.29) is 5.91 Å². The molecule has 0 heterocycles. The first-order chi connectivity index (χ1) is 10.0. The van der Waals surface area contributed by atoms with Crippen LogP contribution in [0.3, 0.4) is 0 Å². The first kappa shape index (κ1) is 16.1. The second-order valence-corrected chi connectivity index (χ2v) is 5.89. The van der Waals surface area contributed by atoms with Gasteiger partial charge < -0.3 is 10.6 Å². The molecule has 0 unspecified atom stereocenters. The van der Waals surface area contributed by atoms with Gasteiger partial charge in [-0.15, -0.1) is 0 Å². The van der Waals surface area contributed by atoms with E-state index in [1.54, 1.807) is 24.3 Å². The highest BCUT2D eigenvalue weighted by Gasteiger charge is 2.12. The molecule has 6 heteroatoms. The summed E-state index contributed by atoms with van der Waals surface area (Å²) in [4.78, 5) is 12.2. The number of amides is 1. The van der Waals surface area contributed by atoms with Crippen LogP contribution in [0.4, 0.5) is 11.4 Å². The predicted molar refractivity (Wildman–Crippen MR) is 92.7 cm³/mol. The molecule has 0 aliphatic heterocycles. The Bertz CT molecular complexity index is 659. The number of hydrogen-bond acceptors (Lipinski definition) is 2. The average molecular weight is 388 g/mol. The van der Waals surface area contributed by atoms with Gasteiger partial charge in [0.25, 0.3) is 5.91 Å². The van der Waals surface area contributed by atoms with Gasteiger partial charge in [0, 0.05) is 22.3 Å². The van der Waals surface area contributed by atoms with Gasteiger partial charge in [-0.1, -0.05) is 23.2 Å². The fourth-order valence-electron chi connectivity index (χ4n) is 1.76. The summed E-state index contributed by atoms with van der Waals surface area (Å²) in [6.07, 6.45) is 0. The van der Waals surface area contributed by atoms with Gasteiger partial charge in [0.1, 0.15) is 0 Å². The molecule has 1 amide bonds. The highest BCUT2D eigenvalue weighted by atomic mass is 79.9. The van der Waals surface area contributed by atoms with E-state index in [4.69, 9.17) is 23.2 Å². The van der Waals surface area contributed by atoms with E-state index in [1.165, 1.54) is 0 Å². The fraction of sp³-hybridized carbons (Fsp3) is 0.133. The van der Waals surface area contributed by atoms with Gasteiger partial charge in [-0.05, 0) is 59.3 Å². The molecule has 0 aliphatic carbocycles. The summed E-state index contributed by atoms with van der Waals surface area (Å²) in [5, 5.41) is 6.60. The second kappa shape index (κ2) is 7.16. The number of hydrogen-bond donors (Lipinski definition) is 2. The Hall–Kier alpha value is -1.23. The number of halogens is 3. The minimum atomic E-state index is -0.238. The third kappa shape index (κ3) is 3.90. The Kier molecular flexibility index (Phi) is 5.51. The van der Waals surface area contributed by atoms with E-state index < -0.39 is 0 Å². The molecule has 3 nitrogen and oxygen atoms in total. The molecular weight excluding hydrogens is 375 g/mol. The second-order valence-electron chi connectivity index (χ2n) is 4.28. The van der Waals surface area contributed by atoms with Crippen molar-refractivity contribution in [3.63, 3.8) is 0 Å². The van der Waals surface area contributed by atoms with E-state index in [0.29, 0.717) is 25.8 Å². The molecule has 0 aromatic heterocycles. The molecule has 0 radical (unpaired) electrons. The SMILES string of the molecule is CCNc1ccc(C(=O)Nc2ccc(Br)c(Cl)c2Cl)cc1. The van der Waals surface area contributed by atoms with Crippen molar-refractivity contribution in [2.75, 3.05) is 17.2 Å². The standard InChI is InChI=1S/C15H13BrCl2N2O/c1-2-19-10-5-3-9(4-6-10)15(21)20-12-8-7-11(16)13(17)14(12)18/h3-8,19H,2H2,1H3,(H,20,21). The summed E-state index contributed by atoms with van der Waals surface area (Å²) >= 11 is 15.4. The van der Waals surface area contributed by atoms with E-state index >= 15 is 0 Å². The van der Waals surface area contributed by atoms with Gasteiger partial charge in [-0.25, -0.2) is 0 Å². The molecule has 110 valence electrons. The van der Waals surface area contributed by atoms with Crippen molar-refractivity contribution in [2.45, 2.75) is 6.92 Å². The van der Waals surface area contributed by atoms with Crippen LogP contribution in [-0.2, 0) is 0 Å². The molecule has 2 aromatic carbocycles. The summed E-state index contributed by atoms with van der Waals surface area (Å²) in [7, 11) is 0. The van der Waals surface area contributed by atoms with Crippen LogP contribution in [0.1, 0.15) is 17.3 Å². The summed E-state index contributed by atoms with van der Waals surface area (Å²) in [6, 6.07) is 10.6. The maximum absolute atomic E-state index is 12.2. The summed E-state index contributed by atoms with van der Waals surface area (Å²) in [6.45, 7) is 2.85. The molecule has 21 heavy (non-hydrogen) atoms. The normalized spacial score (nSPS) is 10.3. The quantitative estimate of drug-likeness (QED) is 0.685. The Labute approximate surface area is 141 Å². The maximum Gasteiger partial charge on any atom is 0.255 e. The molecule has 0 bridgehead atoms. The van der Waals surface area contributed by atoms with E-state index in [2.05, 4.69) is 26.6 Å². The Morgan fingerprint density at radius 2 is 1.76 bits per heavy atom. The first-order valence-corrected chi connectivity index (χ1v) is 7.86. The predicted octanol–water partition coefficient (Wildman–Crippen LogP) is 5.44. The van der Waals surface area contributed by atoms with Crippen LogP contribution in [0.2, 0.25) is 10.0 Å². The van der Waals surface area contributed by atoms with Crippen molar-refractivity contribution in [1.29, 1.82) is 0 Å². The molecule has 0 aliphatic rings. The van der Waals surface area contributed by atoms with Crippen molar-refractivity contribution in [3.05, 3.63) is 56.5 Å². The Balaban J connectivity index is 2.16. The molecular formula is C15H13BrCl2N2O. The van der Waals surface area contributed by atoms with Crippen LogP contribution in [0.15, 0.2) is 40.9 Å². The Morgan fingerprint density at radius 1 is 1.10 bits per heavy atom. The van der Waals surface area contributed by atoms with Crippen LogP contribution < -0.4 is 10.6 Å². The molecule has 0 spiro atoms. The largest absolute Gasteiger partial charge is 0.385 e. The van der Waals surface area contributed by atoms with Crippen LogP contribution in [0, 0.1) is 0 Å². The molecule has 0 atom stereocenters. The van der Waals surface area contributed by atoms with Gasteiger partial charge in [0.05, 0.1) is 15.7 Å². The van der Waals surface area contributed by atoms with Crippen LogP contribution in [-0.4, -0.2) is 12.5 Å². The van der Waals surface area contributed by atoms with Crippen molar-refractivity contribution in [3.8, 4) is 0 Å². The number of rotatable bonds is 4. The highest BCUT2D eigenvalue weighted by molar-refractivity contribution is 9.10.